The molecule has 5 nitrogen and oxygen atoms in total. The van der Waals surface area contributed by atoms with Crippen LogP contribution < -0.4 is 10.2 Å². The summed E-state index contributed by atoms with van der Waals surface area (Å²) in [6.07, 6.45) is 3.14. The molecule has 166 valence electrons. The summed E-state index contributed by atoms with van der Waals surface area (Å²) in [5, 5.41) is 3.60. The molecule has 0 radical (unpaired) electrons. The Morgan fingerprint density at radius 3 is 2.50 bits per heavy atom. The number of rotatable bonds is 6. The SMILES string of the molecule is CCN1CCN(c2ccc(NC(=O)/C=C/c3ccc(-c4ccc(C)c(Cl)c4)o3)cc2)CC1. The largest absolute Gasteiger partial charge is 0.457 e. The van der Waals surface area contributed by atoms with E-state index in [0.717, 1.165) is 49.5 Å². The van der Waals surface area contributed by atoms with Crippen LogP contribution in [0.3, 0.4) is 0 Å². The second-order valence-corrected chi connectivity index (χ2v) is 8.36. The first-order valence-corrected chi connectivity index (χ1v) is 11.3. The van der Waals surface area contributed by atoms with Crippen molar-refractivity contribution < 1.29 is 9.21 Å². The molecule has 1 fully saturated rings. The lowest BCUT2D eigenvalue weighted by Gasteiger charge is -2.35. The van der Waals surface area contributed by atoms with Crippen molar-refractivity contribution in [2.45, 2.75) is 13.8 Å². The lowest BCUT2D eigenvalue weighted by Crippen LogP contribution is -2.46. The molecule has 1 N–H and O–H groups in total. The average Bonchev–Trinajstić information content (AvgIpc) is 3.29. The summed E-state index contributed by atoms with van der Waals surface area (Å²) in [5.41, 5.74) is 3.88. The first kappa shape index (κ1) is 22.2. The molecule has 2 heterocycles. The number of nitrogens with zero attached hydrogens (tertiary/aromatic N) is 2. The van der Waals surface area contributed by atoms with E-state index in [-0.39, 0.29) is 5.91 Å². The van der Waals surface area contributed by atoms with E-state index in [0.29, 0.717) is 16.5 Å². The Balaban J connectivity index is 1.33. The highest BCUT2D eigenvalue weighted by atomic mass is 35.5. The number of hydrogen-bond donors (Lipinski definition) is 1. The van der Waals surface area contributed by atoms with E-state index in [9.17, 15) is 4.79 Å². The highest BCUT2D eigenvalue weighted by molar-refractivity contribution is 6.31. The van der Waals surface area contributed by atoms with Gasteiger partial charge in [0, 0.05) is 54.2 Å². The summed E-state index contributed by atoms with van der Waals surface area (Å²) >= 11 is 6.20. The van der Waals surface area contributed by atoms with E-state index < -0.39 is 0 Å². The number of furan rings is 1. The van der Waals surface area contributed by atoms with Crippen LogP contribution in [0.4, 0.5) is 11.4 Å². The molecule has 32 heavy (non-hydrogen) atoms. The predicted octanol–water partition coefficient (Wildman–Crippen LogP) is 5.70. The first-order valence-electron chi connectivity index (χ1n) is 10.9. The molecule has 0 unspecified atom stereocenters. The third kappa shape index (κ3) is 5.42. The van der Waals surface area contributed by atoms with Gasteiger partial charge in [0.1, 0.15) is 11.5 Å². The Morgan fingerprint density at radius 2 is 1.81 bits per heavy atom. The van der Waals surface area contributed by atoms with E-state index in [4.69, 9.17) is 16.0 Å². The van der Waals surface area contributed by atoms with Gasteiger partial charge in [-0.05, 0) is 67.6 Å². The molecular weight excluding hydrogens is 422 g/mol. The molecular formula is C26H28ClN3O2. The van der Waals surface area contributed by atoms with Gasteiger partial charge in [0.15, 0.2) is 0 Å². The maximum absolute atomic E-state index is 12.3. The highest BCUT2D eigenvalue weighted by Crippen LogP contribution is 2.27. The molecule has 0 spiro atoms. The van der Waals surface area contributed by atoms with E-state index in [1.54, 1.807) is 6.08 Å². The molecule has 0 atom stereocenters. The second kappa shape index (κ2) is 10.1. The molecule has 3 aromatic rings. The molecule has 4 rings (SSSR count). The number of hydrogen-bond acceptors (Lipinski definition) is 4. The first-order chi connectivity index (χ1) is 15.5. The molecule has 1 aliphatic rings. The van der Waals surface area contributed by atoms with Gasteiger partial charge in [-0.2, -0.15) is 0 Å². The zero-order chi connectivity index (χ0) is 22.5. The summed E-state index contributed by atoms with van der Waals surface area (Å²) in [4.78, 5) is 17.2. The van der Waals surface area contributed by atoms with Crippen molar-refractivity contribution in [3.8, 4) is 11.3 Å². The smallest absolute Gasteiger partial charge is 0.248 e. The van der Waals surface area contributed by atoms with Crippen molar-refractivity contribution in [1.29, 1.82) is 0 Å². The number of amides is 1. The second-order valence-electron chi connectivity index (χ2n) is 7.96. The van der Waals surface area contributed by atoms with Crippen molar-refractivity contribution in [2.75, 3.05) is 42.9 Å². The summed E-state index contributed by atoms with van der Waals surface area (Å²) in [6.45, 7) is 9.50. The Bertz CT molecular complexity index is 1100. The van der Waals surface area contributed by atoms with Gasteiger partial charge in [-0.1, -0.05) is 30.7 Å². The Hall–Kier alpha value is -3.02. The van der Waals surface area contributed by atoms with Crippen LogP contribution in [-0.2, 0) is 4.79 Å². The minimum absolute atomic E-state index is 0.203. The third-order valence-corrected chi connectivity index (χ3v) is 6.21. The number of aryl methyl sites for hydroxylation is 1. The minimum atomic E-state index is -0.203. The highest BCUT2D eigenvalue weighted by Gasteiger charge is 2.15. The number of nitrogens with one attached hydrogen (secondary N) is 1. The van der Waals surface area contributed by atoms with Crippen molar-refractivity contribution in [1.82, 2.24) is 4.90 Å². The number of halogens is 1. The Labute approximate surface area is 194 Å². The molecule has 1 aliphatic heterocycles. The molecule has 1 saturated heterocycles. The van der Waals surface area contributed by atoms with Gasteiger partial charge < -0.3 is 19.5 Å². The third-order valence-electron chi connectivity index (χ3n) is 5.80. The topological polar surface area (TPSA) is 48.7 Å². The van der Waals surface area contributed by atoms with Crippen molar-refractivity contribution in [3.63, 3.8) is 0 Å². The molecule has 0 saturated carbocycles. The molecule has 1 amide bonds. The number of benzene rings is 2. The molecule has 6 heteroatoms. The van der Waals surface area contributed by atoms with Crippen LogP contribution in [0.25, 0.3) is 17.4 Å². The maximum Gasteiger partial charge on any atom is 0.248 e. The number of carbonyl (C=O) groups is 1. The predicted molar refractivity (Wildman–Crippen MR) is 132 cm³/mol. The lowest BCUT2D eigenvalue weighted by atomic mass is 10.1. The van der Waals surface area contributed by atoms with E-state index >= 15 is 0 Å². The van der Waals surface area contributed by atoms with E-state index in [2.05, 4.69) is 34.2 Å². The van der Waals surface area contributed by atoms with Gasteiger partial charge in [-0.25, -0.2) is 0 Å². The quantitative estimate of drug-likeness (QED) is 0.490. The average molecular weight is 450 g/mol. The van der Waals surface area contributed by atoms with Gasteiger partial charge >= 0.3 is 0 Å². The van der Waals surface area contributed by atoms with Crippen LogP contribution in [0.15, 0.2) is 65.1 Å². The Kier molecular flexibility index (Phi) is 6.98. The van der Waals surface area contributed by atoms with Crippen molar-refractivity contribution in [3.05, 3.63) is 77.0 Å². The van der Waals surface area contributed by atoms with E-state index in [1.807, 2.05) is 49.4 Å². The van der Waals surface area contributed by atoms with Gasteiger partial charge in [-0.3, -0.25) is 4.79 Å². The van der Waals surface area contributed by atoms with E-state index in [1.165, 1.54) is 11.8 Å². The summed E-state index contributed by atoms with van der Waals surface area (Å²) in [6, 6.07) is 17.5. The monoisotopic (exact) mass is 449 g/mol. The normalized spacial score (nSPS) is 14.8. The number of anilines is 2. The molecule has 1 aromatic heterocycles. The van der Waals surface area contributed by atoms with Crippen LogP contribution in [-0.4, -0.2) is 43.5 Å². The summed E-state index contributed by atoms with van der Waals surface area (Å²) in [7, 11) is 0. The van der Waals surface area contributed by atoms with Crippen LogP contribution in [0.1, 0.15) is 18.2 Å². The van der Waals surface area contributed by atoms with Gasteiger partial charge in [0.05, 0.1) is 0 Å². The van der Waals surface area contributed by atoms with Crippen molar-refractivity contribution >= 4 is 35.0 Å². The molecule has 0 aliphatic carbocycles. The number of piperazine rings is 1. The number of likely N-dealkylation sites (N-methyl/N-ethyl adjacent to an activating group) is 1. The van der Waals surface area contributed by atoms with Gasteiger partial charge in [0.25, 0.3) is 0 Å². The fourth-order valence-electron chi connectivity index (χ4n) is 3.76. The lowest BCUT2D eigenvalue weighted by molar-refractivity contribution is -0.111. The Morgan fingerprint density at radius 1 is 1.06 bits per heavy atom. The van der Waals surface area contributed by atoms with Crippen LogP contribution >= 0.6 is 11.6 Å². The zero-order valence-corrected chi connectivity index (χ0v) is 19.2. The summed E-state index contributed by atoms with van der Waals surface area (Å²) < 4.78 is 5.83. The fraction of sp³-hybridized carbons (Fsp3) is 0.269. The van der Waals surface area contributed by atoms with Crippen LogP contribution in [0.5, 0.6) is 0 Å². The maximum atomic E-state index is 12.3. The number of carbonyl (C=O) groups excluding carboxylic acids is 1. The molecule has 0 bridgehead atoms. The summed E-state index contributed by atoms with van der Waals surface area (Å²) in [5.74, 6) is 1.11. The minimum Gasteiger partial charge on any atom is -0.457 e. The fourth-order valence-corrected chi connectivity index (χ4v) is 3.94. The van der Waals surface area contributed by atoms with Crippen LogP contribution in [0.2, 0.25) is 5.02 Å². The van der Waals surface area contributed by atoms with Crippen molar-refractivity contribution in [2.24, 2.45) is 0 Å². The van der Waals surface area contributed by atoms with Gasteiger partial charge in [-0.15, -0.1) is 0 Å². The zero-order valence-electron chi connectivity index (χ0n) is 18.5. The van der Waals surface area contributed by atoms with Crippen LogP contribution in [0, 0.1) is 6.92 Å². The molecule has 2 aromatic carbocycles. The van der Waals surface area contributed by atoms with Gasteiger partial charge in [0.2, 0.25) is 5.91 Å². The standard InChI is InChI=1S/C26H28ClN3O2/c1-3-29-14-16-30(17-15-29)22-8-6-21(7-9-22)28-26(31)13-11-23-10-12-25(32-23)20-5-4-19(2)24(27)18-20/h4-13,18H,3,14-17H2,1-2H3,(H,28,31)/b13-11+.